The molecule has 5 nitrogen and oxygen atoms in total. The van der Waals surface area contributed by atoms with E-state index in [9.17, 15) is 9.59 Å². The SMILES string of the molecule is COc1ccc(NC(=O)CS[C@H](C)C(=O)Nc2c(C)cc(C)cc2C)cc1. The van der Waals surface area contributed by atoms with E-state index in [1.54, 1.807) is 38.3 Å². The van der Waals surface area contributed by atoms with Gasteiger partial charge in [0.05, 0.1) is 18.1 Å². The summed E-state index contributed by atoms with van der Waals surface area (Å²) in [7, 11) is 1.59. The normalized spacial score (nSPS) is 11.6. The lowest BCUT2D eigenvalue weighted by Gasteiger charge is -2.16. The fraction of sp³-hybridized carbons (Fsp3) is 0.333. The Hall–Kier alpha value is -2.47. The predicted octanol–water partition coefficient (Wildman–Crippen LogP) is 4.32. The molecule has 2 aromatic rings. The zero-order chi connectivity index (χ0) is 20.0. The Bertz CT molecular complexity index is 796. The smallest absolute Gasteiger partial charge is 0.237 e. The van der Waals surface area contributed by atoms with Crippen LogP contribution in [0, 0.1) is 20.8 Å². The molecule has 2 N–H and O–H groups in total. The number of carbonyl (C=O) groups excluding carboxylic acids is 2. The van der Waals surface area contributed by atoms with Gasteiger partial charge in [0.15, 0.2) is 0 Å². The van der Waals surface area contributed by atoms with Gasteiger partial charge in [0, 0.05) is 11.4 Å². The van der Waals surface area contributed by atoms with E-state index in [4.69, 9.17) is 4.74 Å². The molecule has 0 saturated carbocycles. The average molecular weight is 387 g/mol. The molecule has 2 amide bonds. The van der Waals surface area contributed by atoms with Crippen LogP contribution in [-0.2, 0) is 9.59 Å². The monoisotopic (exact) mass is 386 g/mol. The van der Waals surface area contributed by atoms with Gasteiger partial charge in [0.1, 0.15) is 5.75 Å². The highest BCUT2D eigenvalue weighted by atomic mass is 32.2. The molecular formula is C21H26N2O3S. The van der Waals surface area contributed by atoms with E-state index in [2.05, 4.69) is 10.6 Å². The van der Waals surface area contributed by atoms with Gasteiger partial charge < -0.3 is 15.4 Å². The molecule has 6 heteroatoms. The summed E-state index contributed by atoms with van der Waals surface area (Å²) in [5.41, 5.74) is 4.79. The maximum atomic E-state index is 12.5. The first kappa shape index (κ1) is 20.8. The molecular weight excluding hydrogens is 360 g/mol. The molecule has 2 aromatic carbocycles. The number of benzene rings is 2. The number of amides is 2. The van der Waals surface area contributed by atoms with Crippen molar-refractivity contribution in [2.24, 2.45) is 0 Å². The zero-order valence-corrected chi connectivity index (χ0v) is 17.2. The molecule has 0 saturated heterocycles. The van der Waals surface area contributed by atoms with Crippen molar-refractivity contribution in [1.29, 1.82) is 0 Å². The first-order valence-corrected chi connectivity index (χ1v) is 9.79. The van der Waals surface area contributed by atoms with Crippen molar-refractivity contribution in [1.82, 2.24) is 0 Å². The van der Waals surface area contributed by atoms with Crippen LogP contribution in [0.3, 0.4) is 0 Å². The number of methoxy groups -OCH3 is 1. The van der Waals surface area contributed by atoms with E-state index < -0.39 is 0 Å². The van der Waals surface area contributed by atoms with Crippen molar-refractivity contribution in [2.45, 2.75) is 32.9 Å². The van der Waals surface area contributed by atoms with Gasteiger partial charge in [0.2, 0.25) is 11.8 Å². The molecule has 1 atom stereocenters. The minimum atomic E-state index is -0.341. The highest BCUT2D eigenvalue weighted by Gasteiger charge is 2.17. The standard InChI is InChI=1S/C21H26N2O3S/c1-13-10-14(2)20(15(3)11-13)23-21(25)16(4)27-12-19(24)22-17-6-8-18(26-5)9-7-17/h6-11,16H,12H2,1-5H3,(H,22,24)(H,23,25)/t16-/m1/s1. The van der Waals surface area contributed by atoms with Gasteiger partial charge in [-0.15, -0.1) is 11.8 Å². The molecule has 144 valence electrons. The van der Waals surface area contributed by atoms with Crippen LogP contribution < -0.4 is 15.4 Å². The quantitative estimate of drug-likeness (QED) is 0.744. The van der Waals surface area contributed by atoms with E-state index in [0.717, 1.165) is 22.6 Å². The second-order valence-corrected chi connectivity index (χ2v) is 7.82. The molecule has 0 bridgehead atoms. The van der Waals surface area contributed by atoms with Crippen LogP contribution in [0.2, 0.25) is 0 Å². The zero-order valence-electron chi connectivity index (χ0n) is 16.4. The lowest BCUT2D eigenvalue weighted by molar-refractivity contribution is -0.115. The number of nitrogens with one attached hydrogen (secondary N) is 2. The second-order valence-electron chi connectivity index (χ2n) is 6.49. The van der Waals surface area contributed by atoms with Gasteiger partial charge in [-0.25, -0.2) is 0 Å². The highest BCUT2D eigenvalue weighted by molar-refractivity contribution is 8.01. The Balaban J connectivity index is 1.86. The molecule has 0 aliphatic carbocycles. The molecule has 0 aliphatic rings. The van der Waals surface area contributed by atoms with Gasteiger partial charge in [-0.05, 0) is 63.1 Å². The lowest BCUT2D eigenvalue weighted by atomic mass is 10.1. The fourth-order valence-corrected chi connectivity index (χ4v) is 3.43. The molecule has 2 rings (SSSR count). The number of thioether (sulfide) groups is 1. The van der Waals surface area contributed by atoms with Gasteiger partial charge in [-0.1, -0.05) is 17.7 Å². The van der Waals surface area contributed by atoms with Crippen LogP contribution in [0.15, 0.2) is 36.4 Å². The van der Waals surface area contributed by atoms with E-state index >= 15 is 0 Å². The molecule has 0 spiro atoms. The Morgan fingerprint density at radius 3 is 2.19 bits per heavy atom. The molecule has 0 aromatic heterocycles. The van der Waals surface area contributed by atoms with E-state index in [0.29, 0.717) is 5.69 Å². The highest BCUT2D eigenvalue weighted by Crippen LogP contribution is 2.23. The van der Waals surface area contributed by atoms with Gasteiger partial charge >= 0.3 is 0 Å². The third-order valence-electron chi connectivity index (χ3n) is 4.13. The van der Waals surface area contributed by atoms with Crippen molar-refractivity contribution >= 4 is 35.0 Å². The number of carbonyl (C=O) groups is 2. The molecule has 27 heavy (non-hydrogen) atoms. The van der Waals surface area contributed by atoms with Crippen LogP contribution in [0.1, 0.15) is 23.6 Å². The number of ether oxygens (including phenoxy) is 1. The van der Waals surface area contributed by atoms with E-state index in [1.165, 1.54) is 17.3 Å². The lowest BCUT2D eigenvalue weighted by Crippen LogP contribution is -2.25. The number of hydrogen-bond acceptors (Lipinski definition) is 4. The maximum absolute atomic E-state index is 12.5. The third kappa shape index (κ3) is 6.03. The summed E-state index contributed by atoms with van der Waals surface area (Å²) in [5, 5.41) is 5.46. The number of aryl methyl sites for hydroxylation is 3. The molecule has 0 radical (unpaired) electrons. The van der Waals surface area contributed by atoms with Gasteiger partial charge in [0.25, 0.3) is 0 Å². The van der Waals surface area contributed by atoms with Gasteiger partial charge in [-0.3, -0.25) is 9.59 Å². The summed E-state index contributed by atoms with van der Waals surface area (Å²) in [4.78, 5) is 24.6. The maximum Gasteiger partial charge on any atom is 0.237 e. The average Bonchev–Trinajstić information content (AvgIpc) is 2.63. The Morgan fingerprint density at radius 1 is 1.04 bits per heavy atom. The summed E-state index contributed by atoms with van der Waals surface area (Å²) in [6.45, 7) is 7.80. The van der Waals surface area contributed by atoms with Crippen LogP contribution in [-0.4, -0.2) is 29.9 Å². The fourth-order valence-electron chi connectivity index (χ4n) is 2.75. The number of hydrogen-bond donors (Lipinski definition) is 2. The topological polar surface area (TPSA) is 67.4 Å². The summed E-state index contributed by atoms with van der Waals surface area (Å²) in [6, 6.07) is 11.2. The predicted molar refractivity (Wildman–Crippen MR) is 113 cm³/mol. The Labute approximate surface area is 164 Å². The van der Waals surface area contributed by atoms with Crippen molar-refractivity contribution in [3.05, 3.63) is 53.1 Å². The van der Waals surface area contributed by atoms with E-state index in [-0.39, 0.29) is 22.8 Å². The van der Waals surface area contributed by atoms with Crippen LogP contribution in [0.5, 0.6) is 5.75 Å². The summed E-state index contributed by atoms with van der Waals surface area (Å²) in [6.07, 6.45) is 0. The number of rotatable bonds is 7. The van der Waals surface area contributed by atoms with Gasteiger partial charge in [-0.2, -0.15) is 0 Å². The molecule has 0 unspecified atom stereocenters. The van der Waals surface area contributed by atoms with E-state index in [1.807, 2.05) is 32.9 Å². The molecule has 0 heterocycles. The third-order valence-corrected chi connectivity index (χ3v) is 5.28. The second kappa shape index (κ2) is 9.46. The minimum Gasteiger partial charge on any atom is -0.497 e. The first-order valence-electron chi connectivity index (χ1n) is 8.74. The van der Waals surface area contributed by atoms with Crippen molar-refractivity contribution < 1.29 is 14.3 Å². The van der Waals surface area contributed by atoms with Crippen LogP contribution >= 0.6 is 11.8 Å². The number of anilines is 2. The van der Waals surface area contributed by atoms with Crippen molar-refractivity contribution in [3.8, 4) is 5.75 Å². The summed E-state index contributed by atoms with van der Waals surface area (Å²) < 4.78 is 5.09. The molecule has 0 fully saturated rings. The minimum absolute atomic E-state index is 0.104. The summed E-state index contributed by atoms with van der Waals surface area (Å²) >= 11 is 1.30. The Kier molecular flexibility index (Phi) is 7.30. The van der Waals surface area contributed by atoms with Crippen LogP contribution in [0.4, 0.5) is 11.4 Å². The summed E-state index contributed by atoms with van der Waals surface area (Å²) in [5.74, 6) is 0.682. The molecule has 0 aliphatic heterocycles. The van der Waals surface area contributed by atoms with Crippen molar-refractivity contribution in [3.63, 3.8) is 0 Å². The Morgan fingerprint density at radius 2 is 1.63 bits per heavy atom. The largest absolute Gasteiger partial charge is 0.497 e. The first-order chi connectivity index (χ1) is 12.8. The van der Waals surface area contributed by atoms with Crippen molar-refractivity contribution in [2.75, 3.05) is 23.5 Å². The van der Waals surface area contributed by atoms with Crippen LogP contribution in [0.25, 0.3) is 0 Å².